The molecule has 0 radical (unpaired) electrons. The van der Waals surface area contributed by atoms with Gasteiger partial charge in [0, 0.05) is 12.8 Å². The molecule has 22 heavy (non-hydrogen) atoms. The summed E-state index contributed by atoms with van der Waals surface area (Å²) in [5.41, 5.74) is 2.08. The van der Waals surface area contributed by atoms with E-state index >= 15 is 0 Å². The maximum Gasteiger partial charge on any atom is 0.172 e. The van der Waals surface area contributed by atoms with Gasteiger partial charge in [-0.2, -0.15) is 0 Å². The summed E-state index contributed by atoms with van der Waals surface area (Å²) in [4.78, 5) is 0. The van der Waals surface area contributed by atoms with Crippen LogP contribution in [-0.4, -0.2) is 19.0 Å². The maximum atomic E-state index is 14.0. The third kappa shape index (κ3) is 3.08. The molecule has 0 saturated carbocycles. The van der Waals surface area contributed by atoms with Gasteiger partial charge in [0.15, 0.2) is 5.79 Å². The highest BCUT2D eigenvalue weighted by Crippen LogP contribution is 2.37. The van der Waals surface area contributed by atoms with Crippen LogP contribution in [-0.2, 0) is 15.9 Å². The van der Waals surface area contributed by atoms with Gasteiger partial charge in [0.1, 0.15) is 11.6 Å². The largest absolute Gasteiger partial charge is 0.347 e. The van der Waals surface area contributed by atoms with Crippen molar-refractivity contribution in [2.45, 2.75) is 45.3 Å². The van der Waals surface area contributed by atoms with Gasteiger partial charge in [0.05, 0.1) is 13.2 Å². The molecular weight excluding hydrogens is 286 g/mol. The van der Waals surface area contributed by atoms with Gasteiger partial charge in [-0.25, -0.2) is 8.78 Å². The minimum Gasteiger partial charge on any atom is -0.347 e. The molecule has 0 amide bonds. The molecule has 0 aromatic heterocycles. The average molecular weight is 308 g/mol. The second-order valence-electron chi connectivity index (χ2n) is 6.39. The molecule has 1 aromatic carbocycles. The fourth-order valence-corrected chi connectivity index (χ4v) is 3.34. The van der Waals surface area contributed by atoms with Crippen molar-refractivity contribution in [2.75, 3.05) is 13.2 Å². The predicted molar refractivity (Wildman–Crippen MR) is 80.5 cm³/mol. The summed E-state index contributed by atoms with van der Waals surface area (Å²) in [7, 11) is 0. The Morgan fingerprint density at radius 3 is 2.55 bits per heavy atom. The Morgan fingerprint density at radius 1 is 1.18 bits per heavy atom. The average Bonchev–Trinajstić information content (AvgIpc) is 2.93. The number of aryl methyl sites for hydroxylation is 1. The smallest absolute Gasteiger partial charge is 0.172 e. The lowest BCUT2D eigenvalue weighted by Gasteiger charge is -2.32. The summed E-state index contributed by atoms with van der Waals surface area (Å²) in [6, 6.07) is 2.61. The monoisotopic (exact) mass is 308 g/mol. The van der Waals surface area contributed by atoms with Crippen LogP contribution in [0, 0.1) is 24.5 Å². The van der Waals surface area contributed by atoms with E-state index in [2.05, 4.69) is 13.0 Å². The molecule has 3 rings (SSSR count). The van der Waals surface area contributed by atoms with Gasteiger partial charge in [-0.3, -0.25) is 0 Å². The first-order valence-corrected chi connectivity index (χ1v) is 7.90. The quantitative estimate of drug-likeness (QED) is 0.775. The topological polar surface area (TPSA) is 18.5 Å². The zero-order valence-electron chi connectivity index (χ0n) is 13.1. The standard InChI is InChI=1S/C18H22F2O2/c1-12(9-15-11-16(19)13(2)10-17(15)20)14-3-5-18(6-4-14)21-7-8-22-18/h3,10-12H,4-9H2,1-2H3. The summed E-state index contributed by atoms with van der Waals surface area (Å²) < 4.78 is 39.0. The third-order valence-electron chi connectivity index (χ3n) is 4.77. The van der Waals surface area contributed by atoms with Crippen LogP contribution in [0.2, 0.25) is 0 Å². The Bertz CT molecular complexity index is 589. The van der Waals surface area contributed by atoms with Crippen LogP contribution in [0.15, 0.2) is 23.8 Å². The van der Waals surface area contributed by atoms with E-state index in [-0.39, 0.29) is 17.6 Å². The fraction of sp³-hybridized carbons (Fsp3) is 0.556. The van der Waals surface area contributed by atoms with Gasteiger partial charge in [-0.1, -0.05) is 18.6 Å². The maximum absolute atomic E-state index is 14.0. The molecule has 1 fully saturated rings. The van der Waals surface area contributed by atoms with E-state index in [9.17, 15) is 8.78 Å². The van der Waals surface area contributed by atoms with Crippen molar-refractivity contribution in [3.05, 3.63) is 46.5 Å². The van der Waals surface area contributed by atoms with Gasteiger partial charge in [0.2, 0.25) is 0 Å². The molecule has 2 nitrogen and oxygen atoms in total. The molecule has 0 bridgehead atoms. The first kappa shape index (κ1) is 15.6. The molecule has 1 atom stereocenters. The number of hydrogen-bond acceptors (Lipinski definition) is 2. The number of benzene rings is 1. The lowest BCUT2D eigenvalue weighted by molar-refractivity contribution is -0.161. The number of allylic oxidation sites excluding steroid dienone is 1. The van der Waals surface area contributed by atoms with Gasteiger partial charge in [-0.05, 0) is 48.9 Å². The molecule has 120 valence electrons. The Balaban J connectivity index is 1.69. The van der Waals surface area contributed by atoms with Gasteiger partial charge in [-0.15, -0.1) is 0 Å². The molecule has 1 unspecified atom stereocenters. The zero-order valence-corrected chi connectivity index (χ0v) is 13.1. The van der Waals surface area contributed by atoms with Crippen molar-refractivity contribution in [3.8, 4) is 0 Å². The second kappa shape index (κ2) is 6.09. The van der Waals surface area contributed by atoms with E-state index < -0.39 is 5.79 Å². The highest BCUT2D eigenvalue weighted by molar-refractivity contribution is 5.27. The summed E-state index contributed by atoms with van der Waals surface area (Å²) in [5.74, 6) is -0.894. The highest BCUT2D eigenvalue weighted by atomic mass is 19.1. The van der Waals surface area contributed by atoms with E-state index in [0.29, 0.717) is 30.8 Å². The van der Waals surface area contributed by atoms with Crippen molar-refractivity contribution >= 4 is 0 Å². The second-order valence-corrected chi connectivity index (χ2v) is 6.39. The third-order valence-corrected chi connectivity index (χ3v) is 4.77. The molecule has 1 aliphatic carbocycles. The van der Waals surface area contributed by atoms with E-state index in [1.54, 1.807) is 6.92 Å². The van der Waals surface area contributed by atoms with Gasteiger partial charge >= 0.3 is 0 Å². The summed E-state index contributed by atoms with van der Waals surface area (Å²) in [5, 5.41) is 0. The predicted octanol–water partition coefficient (Wildman–Crippen LogP) is 4.31. The van der Waals surface area contributed by atoms with Crippen LogP contribution < -0.4 is 0 Å². The van der Waals surface area contributed by atoms with Crippen LogP contribution in [0.1, 0.15) is 37.3 Å². The number of ether oxygens (including phenoxy) is 2. The lowest BCUT2D eigenvalue weighted by Crippen LogP contribution is -2.32. The summed E-state index contributed by atoms with van der Waals surface area (Å²) in [6.07, 6.45) is 5.15. The van der Waals surface area contributed by atoms with Crippen molar-refractivity contribution < 1.29 is 18.3 Å². The molecule has 1 spiro atoms. The van der Waals surface area contributed by atoms with E-state index in [1.807, 2.05) is 0 Å². The number of halogens is 2. The highest BCUT2D eigenvalue weighted by Gasteiger charge is 2.38. The molecule has 1 aromatic rings. The van der Waals surface area contributed by atoms with Crippen molar-refractivity contribution in [3.63, 3.8) is 0 Å². The molecule has 0 N–H and O–H groups in total. The van der Waals surface area contributed by atoms with E-state index in [1.165, 1.54) is 17.7 Å². The zero-order chi connectivity index (χ0) is 15.7. The van der Waals surface area contributed by atoms with Crippen LogP contribution >= 0.6 is 0 Å². The molecular formula is C18H22F2O2. The lowest BCUT2D eigenvalue weighted by atomic mass is 9.84. The van der Waals surface area contributed by atoms with Crippen molar-refractivity contribution in [2.24, 2.45) is 5.92 Å². The SMILES string of the molecule is Cc1cc(F)c(CC(C)C2=CCC3(CC2)OCCO3)cc1F. The molecule has 1 saturated heterocycles. The van der Waals surface area contributed by atoms with Crippen LogP contribution in [0.4, 0.5) is 8.78 Å². The first-order chi connectivity index (χ1) is 10.5. The van der Waals surface area contributed by atoms with Gasteiger partial charge < -0.3 is 9.47 Å². The van der Waals surface area contributed by atoms with Crippen LogP contribution in [0.25, 0.3) is 0 Å². The normalized spacial score (nSPS) is 21.9. The van der Waals surface area contributed by atoms with Gasteiger partial charge in [0.25, 0.3) is 0 Å². The first-order valence-electron chi connectivity index (χ1n) is 7.90. The molecule has 1 aliphatic heterocycles. The molecule has 2 aliphatic rings. The van der Waals surface area contributed by atoms with Crippen LogP contribution in [0.5, 0.6) is 0 Å². The Kier molecular flexibility index (Phi) is 4.33. The molecule has 4 heteroatoms. The van der Waals surface area contributed by atoms with E-state index in [4.69, 9.17) is 9.47 Å². The van der Waals surface area contributed by atoms with E-state index in [0.717, 1.165) is 19.3 Å². The fourth-order valence-electron chi connectivity index (χ4n) is 3.34. The molecule has 1 heterocycles. The number of rotatable bonds is 3. The minimum atomic E-state index is -0.426. The summed E-state index contributed by atoms with van der Waals surface area (Å²) >= 11 is 0. The minimum absolute atomic E-state index is 0.190. The summed E-state index contributed by atoms with van der Waals surface area (Å²) in [6.45, 7) is 4.97. The Morgan fingerprint density at radius 2 is 1.91 bits per heavy atom. The van der Waals surface area contributed by atoms with Crippen LogP contribution in [0.3, 0.4) is 0 Å². The Hall–Kier alpha value is -1.26. The number of hydrogen-bond donors (Lipinski definition) is 0. The van der Waals surface area contributed by atoms with Crippen molar-refractivity contribution in [1.29, 1.82) is 0 Å². The Labute approximate surface area is 130 Å². The van der Waals surface area contributed by atoms with Crippen molar-refractivity contribution in [1.82, 2.24) is 0 Å².